The van der Waals surface area contributed by atoms with Crippen molar-refractivity contribution >= 4 is 22.4 Å². The maximum atomic E-state index is 13.5. The Bertz CT molecular complexity index is 1060. The van der Waals surface area contributed by atoms with Crippen LogP contribution >= 0.6 is 11.3 Å². The maximum Gasteiger partial charge on any atom is 0.228 e. The normalized spacial score (nSPS) is 17.8. The van der Waals surface area contributed by atoms with Crippen molar-refractivity contribution in [2.24, 2.45) is 0 Å². The van der Waals surface area contributed by atoms with Gasteiger partial charge in [0.05, 0.1) is 19.5 Å². The van der Waals surface area contributed by atoms with Crippen LogP contribution in [0.5, 0.6) is 17.2 Å². The van der Waals surface area contributed by atoms with Crippen LogP contribution in [-0.4, -0.2) is 29.5 Å². The molecule has 0 aliphatic carbocycles. The first-order valence-electron chi connectivity index (χ1n) is 9.41. The molecule has 4 rings (SSSR count). The van der Waals surface area contributed by atoms with E-state index in [1.54, 1.807) is 13.3 Å². The van der Waals surface area contributed by atoms with E-state index in [1.807, 2.05) is 24.4 Å². The summed E-state index contributed by atoms with van der Waals surface area (Å²) in [7, 11) is 1.56. The van der Waals surface area contributed by atoms with Crippen molar-refractivity contribution in [2.45, 2.75) is 25.3 Å². The number of fused-ring (bicyclic) bond motifs is 1. The first-order valence-corrected chi connectivity index (χ1v) is 10.3. The Balaban J connectivity index is 1.64. The molecule has 9 heteroatoms. The van der Waals surface area contributed by atoms with Crippen molar-refractivity contribution in [1.82, 2.24) is 15.3 Å². The molecule has 0 fully saturated rings. The highest BCUT2D eigenvalue weighted by atomic mass is 32.1. The Kier molecular flexibility index (Phi) is 5.65. The molecule has 30 heavy (non-hydrogen) atoms. The van der Waals surface area contributed by atoms with E-state index < -0.39 is 11.4 Å². The largest absolute Gasteiger partial charge is 0.493 e. The van der Waals surface area contributed by atoms with E-state index in [-0.39, 0.29) is 18.1 Å². The smallest absolute Gasteiger partial charge is 0.228 e. The predicted molar refractivity (Wildman–Crippen MR) is 112 cm³/mol. The Hall–Kier alpha value is -3.04. The van der Waals surface area contributed by atoms with Gasteiger partial charge in [-0.15, -0.1) is 11.3 Å². The number of carbonyl (C=O) groups excluding carboxylic acids is 1. The number of rotatable bonds is 6. The zero-order valence-electron chi connectivity index (χ0n) is 16.6. The monoisotopic (exact) mass is 428 g/mol. The molecular formula is C21H21FN4O3S. The lowest BCUT2D eigenvalue weighted by atomic mass is 9.81. The number of aromatic nitrogens is 2. The molecular weight excluding hydrogens is 407 g/mol. The third kappa shape index (κ3) is 4.27. The average molecular weight is 428 g/mol. The maximum absolute atomic E-state index is 13.5. The summed E-state index contributed by atoms with van der Waals surface area (Å²) in [4.78, 5) is 20.6. The molecule has 1 aliphatic heterocycles. The number of hydrogen-bond donors (Lipinski definition) is 2. The van der Waals surface area contributed by atoms with Gasteiger partial charge >= 0.3 is 0 Å². The van der Waals surface area contributed by atoms with Crippen LogP contribution in [0.3, 0.4) is 0 Å². The third-order valence-corrected chi connectivity index (χ3v) is 5.68. The lowest BCUT2D eigenvalue weighted by Crippen LogP contribution is -2.47. The number of methoxy groups -OCH3 is 1. The highest BCUT2D eigenvalue weighted by Crippen LogP contribution is 2.41. The second-order valence-electron chi connectivity index (χ2n) is 7.17. The zero-order valence-corrected chi connectivity index (χ0v) is 17.4. The average Bonchev–Trinajstić information content (AvgIpc) is 3.21. The summed E-state index contributed by atoms with van der Waals surface area (Å²) in [6, 6.07) is 5.02. The number of halogens is 1. The van der Waals surface area contributed by atoms with Gasteiger partial charge in [0.1, 0.15) is 11.6 Å². The van der Waals surface area contributed by atoms with Gasteiger partial charge in [-0.25, -0.2) is 9.37 Å². The number of pyridine rings is 1. The van der Waals surface area contributed by atoms with Crippen LogP contribution in [0.2, 0.25) is 0 Å². The molecule has 156 valence electrons. The van der Waals surface area contributed by atoms with E-state index in [2.05, 4.69) is 20.6 Å². The fourth-order valence-electron chi connectivity index (χ4n) is 3.63. The van der Waals surface area contributed by atoms with Crippen LogP contribution < -0.4 is 20.1 Å². The summed E-state index contributed by atoms with van der Waals surface area (Å²) in [6.07, 6.45) is 5.19. The second-order valence-corrected chi connectivity index (χ2v) is 8.07. The molecule has 2 aromatic heterocycles. The number of amides is 1. The number of ether oxygens (including phenoxy) is 2. The van der Waals surface area contributed by atoms with Gasteiger partial charge in [0.25, 0.3) is 0 Å². The quantitative estimate of drug-likeness (QED) is 0.620. The third-order valence-electron chi connectivity index (χ3n) is 4.99. The first-order chi connectivity index (χ1) is 14.5. The minimum atomic E-state index is -0.612. The van der Waals surface area contributed by atoms with Crippen LogP contribution in [0.15, 0.2) is 42.2 Å². The molecule has 7 nitrogen and oxygen atoms in total. The lowest BCUT2D eigenvalue weighted by molar-refractivity contribution is -0.117. The standard InChI is InChI=1S/C21H21FN4O3S/c1-21(10-19(27)26-20-24-5-6-30-20)16-9-18(29-15-8-14(22)11-23-12-15)17(28-2)7-13(16)3-4-25-21/h5-9,11-12,25H,3-4,10H2,1-2H3,(H,24,26,27). The van der Waals surface area contributed by atoms with E-state index in [9.17, 15) is 9.18 Å². The van der Waals surface area contributed by atoms with E-state index >= 15 is 0 Å². The molecule has 1 aliphatic rings. The Morgan fingerprint density at radius 1 is 1.33 bits per heavy atom. The molecule has 1 atom stereocenters. The van der Waals surface area contributed by atoms with Crippen LogP contribution in [-0.2, 0) is 16.8 Å². The van der Waals surface area contributed by atoms with Crippen LogP contribution in [0, 0.1) is 5.82 Å². The molecule has 3 heterocycles. The summed E-state index contributed by atoms with van der Waals surface area (Å²) >= 11 is 1.37. The molecule has 1 unspecified atom stereocenters. The van der Waals surface area contributed by atoms with Gasteiger partial charge in [0.2, 0.25) is 5.91 Å². The molecule has 1 amide bonds. The van der Waals surface area contributed by atoms with Crippen LogP contribution in [0.25, 0.3) is 0 Å². The van der Waals surface area contributed by atoms with E-state index in [1.165, 1.54) is 23.6 Å². The fourth-order valence-corrected chi connectivity index (χ4v) is 4.18. The molecule has 0 saturated heterocycles. The summed E-state index contributed by atoms with van der Waals surface area (Å²) in [5.74, 6) is 0.601. The van der Waals surface area contributed by atoms with Crippen molar-refractivity contribution in [3.05, 3.63) is 59.1 Å². The Morgan fingerprint density at radius 3 is 2.93 bits per heavy atom. The van der Waals surface area contributed by atoms with E-state index in [4.69, 9.17) is 9.47 Å². The SMILES string of the molecule is COc1cc2c(cc1Oc1cncc(F)c1)C(C)(CC(=O)Nc1nccs1)NCC2. The fraction of sp³-hybridized carbons (Fsp3) is 0.286. The number of benzene rings is 1. The lowest BCUT2D eigenvalue weighted by Gasteiger charge is -2.37. The number of carbonyl (C=O) groups is 1. The van der Waals surface area contributed by atoms with Gasteiger partial charge < -0.3 is 20.1 Å². The summed E-state index contributed by atoms with van der Waals surface area (Å²) < 4.78 is 24.9. The molecule has 0 spiro atoms. The zero-order chi connectivity index (χ0) is 21.1. The number of nitrogens with one attached hydrogen (secondary N) is 2. The van der Waals surface area contributed by atoms with Crippen molar-refractivity contribution in [3.8, 4) is 17.2 Å². The van der Waals surface area contributed by atoms with Gasteiger partial charge in [-0.1, -0.05) is 0 Å². The van der Waals surface area contributed by atoms with Gasteiger partial charge in [0.15, 0.2) is 16.6 Å². The number of thiazole rings is 1. The molecule has 0 saturated carbocycles. The van der Waals surface area contributed by atoms with Crippen molar-refractivity contribution in [2.75, 3.05) is 19.0 Å². The summed E-state index contributed by atoms with van der Waals surface area (Å²) in [5, 5.41) is 8.66. The first kappa shape index (κ1) is 20.2. The van der Waals surface area contributed by atoms with Gasteiger partial charge in [-0.05, 0) is 36.6 Å². The Morgan fingerprint density at radius 2 is 2.20 bits per heavy atom. The molecule has 3 aromatic rings. The van der Waals surface area contributed by atoms with Crippen LogP contribution in [0.4, 0.5) is 9.52 Å². The topological polar surface area (TPSA) is 85.4 Å². The summed E-state index contributed by atoms with van der Waals surface area (Å²) in [6.45, 7) is 2.71. The second kappa shape index (κ2) is 8.37. The highest BCUT2D eigenvalue weighted by molar-refractivity contribution is 7.13. The number of anilines is 1. The van der Waals surface area contributed by atoms with Gasteiger partial charge in [-0.3, -0.25) is 9.78 Å². The van der Waals surface area contributed by atoms with Gasteiger partial charge in [-0.2, -0.15) is 0 Å². The van der Waals surface area contributed by atoms with Crippen molar-refractivity contribution in [1.29, 1.82) is 0 Å². The van der Waals surface area contributed by atoms with Gasteiger partial charge in [0, 0.05) is 36.1 Å². The predicted octanol–water partition coefficient (Wildman–Crippen LogP) is 3.87. The number of hydrogen-bond acceptors (Lipinski definition) is 7. The molecule has 0 radical (unpaired) electrons. The minimum absolute atomic E-state index is 0.139. The van der Waals surface area contributed by atoms with Crippen molar-refractivity contribution < 1.29 is 18.7 Å². The van der Waals surface area contributed by atoms with E-state index in [0.717, 1.165) is 30.3 Å². The molecule has 0 bridgehead atoms. The minimum Gasteiger partial charge on any atom is -0.493 e. The summed E-state index contributed by atoms with van der Waals surface area (Å²) in [5.41, 5.74) is 1.39. The van der Waals surface area contributed by atoms with Crippen molar-refractivity contribution in [3.63, 3.8) is 0 Å². The molecule has 2 N–H and O–H groups in total. The van der Waals surface area contributed by atoms with E-state index in [0.29, 0.717) is 16.6 Å². The Labute approximate surface area is 177 Å². The molecule has 1 aromatic carbocycles. The number of nitrogens with zero attached hydrogens (tertiary/aromatic N) is 2. The highest BCUT2D eigenvalue weighted by Gasteiger charge is 2.35. The van der Waals surface area contributed by atoms with Crippen LogP contribution in [0.1, 0.15) is 24.5 Å².